The first-order chi connectivity index (χ1) is 37.6. The second kappa shape index (κ2) is 16.9. The molecule has 0 fully saturated rings. The quantitative estimate of drug-likeness (QED) is 0.158. The van der Waals surface area contributed by atoms with Crippen LogP contribution in [0.2, 0.25) is 0 Å². The number of rotatable bonds is 7. The van der Waals surface area contributed by atoms with E-state index in [0.717, 1.165) is 83.2 Å². The maximum Gasteiger partial charge on any atom is 0.164 e. The van der Waals surface area contributed by atoms with E-state index in [1.807, 2.05) is 18.2 Å². The Hall–Kier alpha value is -9.65. The van der Waals surface area contributed by atoms with E-state index in [9.17, 15) is 0 Å². The average molecular weight is 988 g/mol. The molecule has 0 radical (unpaired) electrons. The SMILES string of the molecule is CC1(C)c2ccccc2-c2ccc(-c3nc(-c4cccc(-c5cccc(-c6cc(-c7ccc8c(c7)oc7cc9ccccc9cc78)nc(-c7ccccc7)n6)c5)c4)nc(-c4ccc5c(c4)C(C)(C)c4ccccc4-5)n3)cc21. The highest BCUT2D eigenvalue weighted by molar-refractivity contribution is 6.10. The largest absolute Gasteiger partial charge is 0.456 e. The summed E-state index contributed by atoms with van der Waals surface area (Å²) in [6.45, 7) is 9.25. The van der Waals surface area contributed by atoms with Gasteiger partial charge in [-0.3, -0.25) is 0 Å². The van der Waals surface area contributed by atoms with Crippen LogP contribution in [0.25, 0.3) is 134 Å². The molecule has 6 nitrogen and oxygen atoms in total. The van der Waals surface area contributed by atoms with E-state index in [0.29, 0.717) is 23.3 Å². The summed E-state index contributed by atoms with van der Waals surface area (Å²) in [6.07, 6.45) is 0. The molecule has 0 atom stereocenters. The standard InChI is InChI=1S/C71H49N5O/c1-70(2)58-26-12-10-24-52(58)54-31-29-50(37-60(54)70)68-74-67(75-69(76-68)51-30-32-55-53-25-11-13-27-59(53)71(3,4)61(55)38-51)49-23-15-21-44(35-49)43-20-14-22-47(34-43)62-41-63(73-66(72-62)42-16-6-5-7-17-42)48-28-33-56-57-36-45-18-8-9-19-46(45)39-65(57)77-64(56)40-48/h5-41H,1-4H3. The second-order valence-electron chi connectivity index (χ2n) is 21.7. The van der Waals surface area contributed by atoms with Crippen LogP contribution in [0.5, 0.6) is 0 Å². The number of nitrogens with zero attached hydrogens (tertiary/aromatic N) is 5. The van der Waals surface area contributed by atoms with Crippen molar-refractivity contribution in [2.24, 2.45) is 0 Å². The zero-order valence-corrected chi connectivity index (χ0v) is 43.0. The summed E-state index contributed by atoms with van der Waals surface area (Å²) in [5.74, 6) is 2.53. The summed E-state index contributed by atoms with van der Waals surface area (Å²) in [5.41, 5.74) is 21.0. The van der Waals surface area contributed by atoms with Crippen molar-refractivity contribution >= 4 is 32.7 Å². The highest BCUT2D eigenvalue weighted by Gasteiger charge is 2.37. The molecule has 3 aromatic heterocycles. The molecular formula is C71H49N5O. The number of benzene rings is 10. The van der Waals surface area contributed by atoms with Gasteiger partial charge in [-0.05, 0) is 121 Å². The Morgan fingerprint density at radius 1 is 0.273 bits per heavy atom. The number of hydrogen-bond donors (Lipinski definition) is 0. The molecule has 10 aromatic carbocycles. The van der Waals surface area contributed by atoms with Gasteiger partial charge in [-0.25, -0.2) is 24.9 Å². The van der Waals surface area contributed by atoms with Crippen molar-refractivity contribution in [1.29, 1.82) is 0 Å². The summed E-state index contributed by atoms with van der Waals surface area (Å²) in [4.78, 5) is 26.4. The van der Waals surface area contributed by atoms with Gasteiger partial charge in [0.1, 0.15) is 11.2 Å². The Kier molecular flexibility index (Phi) is 9.85. The topological polar surface area (TPSA) is 77.6 Å². The molecule has 3 heterocycles. The minimum Gasteiger partial charge on any atom is -0.456 e. The Morgan fingerprint density at radius 3 is 1.31 bits per heavy atom. The normalized spacial score (nSPS) is 13.7. The predicted molar refractivity (Wildman–Crippen MR) is 313 cm³/mol. The van der Waals surface area contributed by atoms with Crippen LogP contribution < -0.4 is 0 Å². The number of furan rings is 1. The van der Waals surface area contributed by atoms with Crippen LogP contribution in [0.1, 0.15) is 49.9 Å². The molecule has 0 aliphatic heterocycles. The van der Waals surface area contributed by atoms with Crippen LogP contribution >= 0.6 is 0 Å². The van der Waals surface area contributed by atoms with E-state index in [1.54, 1.807) is 0 Å². The van der Waals surface area contributed by atoms with Gasteiger partial charge in [-0.1, -0.05) is 198 Å². The molecule has 13 aromatic rings. The smallest absolute Gasteiger partial charge is 0.164 e. The molecule has 0 unspecified atom stereocenters. The van der Waals surface area contributed by atoms with E-state index in [2.05, 4.69) is 234 Å². The molecule has 0 amide bonds. The molecule has 15 rings (SSSR count). The molecule has 0 N–H and O–H groups in total. The van der Waals surface area contributed by atoms with E-state index in [1.165, 1.54) is 49.9 Å². The van der Waals surface area contributed by atoms with Crippen LogP contribution in [0.15, 0.2) is 229 Å². The third kappa shape index (κ3) is 7.27. The Bertz CT molecular complexity index is 4460. The van der Waals surface area contributed by atoms with Gasteiger partial charge in [0.25, 0.3) is 0 Å². The number of aromatic nitrogens is 5. The molecule has 2 aliphatic rings. The first-order valence-electron chi connectivity index (χ1n) is 26.4. The van der Waals surface area contributed by atoms with Crippen LogP contribution in [-0.2, 0) is 10.8 Å². The van der Waals surface area contributed by atoms with Gasteiger partial charge in [0.2, 0.25) is 0 Å². The van der Waals surface area contributed by atoms with Crippen LogP contribution in [0.4, 0.5) is 0 Å². The molecule has 6 heteroatoms. The Balaban J connectivity index is 0.831. The van der Waals surface area contributed by atoms with E-state index >= 15 is 0 Å². The summed E-state index contributed by atoms with van der Waals surface area (Å²) in [5, 5.41) is 4.51. The lowest BCUT2D eigenvalue weighted by Gasteiger charge is -2.22. The minimum absolute atomic E-state index is 0.180. The first kappa shape index (κ1) is 44.8. The van der Waals surface area contributed by atoms with Gasteiger partial charge in [-0.15, -0.1) is 0 Å². The lowest BCUT2D eigenvalue weighted by molar-refractivity contribution is 0.660. The Morgan fingerprint density at radius 2 is 0.701 bits per heavy atom. The van der Waals surface area contributed by atoms with Gasteiger partial charge in [0.15, 0.2) is 23.3 Å². The fraction of sp³-hybridized carbons (Fsp3) is 0.0845. The van der Waals surface area contributed by atoms with Gasteiger partial charge in [0, 0.05) is 55.0 Å². The van der Waals surface area contributed by atoms with Gasteiger partial charge < -0.3 is 4.42 Å². The monoisotopic (exact) mass is 987 g/mol. The minimum atomic E-state index is -0.180. The van der Waals surface area contributed by atoms with Crippen LogP contribution in [0.3, 0.4) is 0 Å². The lowest BCUT2D eigenvalue weighted by Crippen LogP contribution is -2.15. The summed E-state index contributed by atoms with van der Waals surface area (Å²) < 4.78 is 6.53. The highest BCUT2D eigenvalue weighted by atomic mass is 16.3. The first-order valence-corrected chi connectivity index (χ1v) is 26.4. The fourth-order valence-corrected chi connectivity index (χ4v) is 12.2. The van der Waals surface area contributed by atoms with E-state index in [4.69, 9.17) is 29.3 Å². The number of fused-ring (bicyclic) bond motifs is 10. The molecule has 2 aliphatic carbocycles. The second-order valence-corrected chi connectivity index (χ2v) is 21.7. The molecule has 0 saturated carbocycles. The Labute approximate surface area is 446 Å². The molecule has 0 bridgehead atoms. The molecule has 364 valence electrons. The van der Waals surface area contributed by atoms with Crippen LogP contribution in [-0.4, -0.2) is 24.9 Å². The van der Waals surface area contributed by atoms with Gasteiger partial charge >= 0.3 is 0 Å². The zero-order valence-electron chi connectivity index (χ0n) is 43.0. The van der Waals surface area contributed by atoms with Crippen molar-refractivity contribution in [2.75, 3.05) is 0 Å². The summed E-state index contributed by atoms with van der Waals surface area (Å²) in [7, 11) is 0. The maximum atomic E-state index is 6.53. The lowest BCUT2D eigenvalue weighted by atomic mass is 9.82. The molecular weight excluding hydrogens is 939 g/mol. The van der Waals surface area contributed by atoms with Gasteiger partial charge in [0.05, 0.1) is 11.4 Å². The molecule has 77 heavy (non-hydrogen) atoms. The van der Waals surface area contributed by atoms with E-state index in [-0.39, 0.29) is 10.8 Å². The fourth-order valence-electron chi connectivity index (χ4n) is 12.2. The van der Waals surface area contributed by atoms with Crippen molar-refractivity contribution in [3.05, 3.63) is 247 Å². The third-order valence-corrected chi connectivity index (χ3v) is 16.3. The van der Waals surface area contributed by atoms with Gasteiger partial charge in [-0.2, -0.15) is 0 Å². The van der Waals surface area contributed by atoms with Crippen molar-refractivity contribution in [1.82, 2.24) is 24.9 Å². The third-order valence-electron chi connectivity index (χ3n) is 16.3. The summed E-state index contributed by atoms with van der Waals surface area (Å²) in [6, 6.07) is 79.5. The molecule has 0 saturated heterocycles. The van der Waals surface area contributed by atoms with Crippen molar-refractivity contribution in [3.63, 3.8) is 0 Å². The zero-order chi connectivity index (χ0) is 51.6. The van der Waals surface area contributed by atoms with Crippen molar-refractivity contribution in [2.45, 2.75) is 38.5 Å². The number of hydrogen-bond acceptors (Lipinski definition) is 6. The van der Waals surface area contributed by atoms with Crippen molar-refractivity contribution < 1.29 is 4.42 Å². The average Bonchev–Trinajstić information content (AvgIpc) is 4.14. The van der Waals surface area contributed by atoms with Crippen LogP contribution in [0, 0.1) is 0 Å². The summed E-state index contributed by atoms with van der Waals surface area (Å²) >= 11 is 0. The predicted octanol–water partition coefficient (Wildman–Crippen LogP) is 18.0. The highest BCUT2D eigenvalue weighted by Crippen LogP contribution is 2.51. The maximum absolute atomic E-state index is 6.53. The van der Waals surface area contributed by atoms with Crippen molar-refractivity contribution in [3.8, 4) is 101 Å². The molecule has 0 spiro atoms. The van der Waals surface area contributed by atoms with E-state index < -0.39 is 0 Å².